The molecule has 0 spiro atoms. The van der Waals surface area contributed by atoms with Gasteiger partial charge in [-0.25, -0.2) is 0 Å². The first-order valence-electron chi connectivity index (χ1n) is 9.61. The topological polar surface area (TPSA) is 31.7 Å². The number of piperidine rings is 1. The lowest BCUT2D eigenvalue weighted by atomic mass is 10.0. The molecular formula is C19H31N3O. The molecule has 128 valence electrons. The predicted molar refractivity (Wildman–Crippen MR) is 92.4 cm³/mol. The molecule has 0 aromatic carbocycles. The van der Waals surface area contributed by atoms with Gasteiger partial charge in [0.05, 0.1) is 12.3 Å². The van der Waals surface area contributed by atoms with Crippen LogP contribution in [-0.4, -0.2) is 55.1 Å². The van der Waals surface area contributed by atoms with Crippen LogP contribution in [0.3, 0.4) is 0 Å². The zero-order valence-corrected chi connectivity index (χ0v) is 14.3. The molecule has 3 fully saturated rings. The van der Waals surface area contributed by atoms with Gasteiger partial charge in [-0.2, -0.15) is 0 Å². The zero-order chi connectivity index (χ0) is 15.5. The fourth-order valence-electron chi connectivity index (χ4n) is 4.21. The minimum atomic E-state index is 0.414. The summed E-state index contributed by atoms with van der Waals surface area (Å²) in [5, 5.41) is 3.85. The van der Waals surface area contributed by atoms with Crippen molar-refractivity contribution in [3.63, 3.8) is 0 Å². The molecule has 0 amide bonds. The fraction of sp³-hybridized carbons (Fsp3) is 0.789. The Hall–Kier alpha value is -0.840. The predicted octanol–water partition coefficient (Wildman–Crippen LogP) is 2.88. The molecule has 0 radical (unpaired) electrons. The van der Waals surface area contributed by atoms with Crippen molar-refractivity contribution in [1.29, 1.82) is 0 Å². The average molecular weight is 317 g/mol. The van der Waals surface area contributed by atoms with Crippen LogP contribution >= 0.6 is 0 Å². The van der Waals surface area contributed by atoms with Crippen LogP contribution in [0.25, 0.3) is 0 Å². The maximum Gasteiger partial charge on any atom is 0.122 e. The van der Waals surface area contributed by atoms with Crippen LogP contribution in [0.15, 0.2) is 22.8 Å². The van der Waals surface area contributed by atoms with Crippen LogP contribution in [0, 0.1) is 5.92 Å². The van der Waals surface area contributed by atoms with Gasteiger partial charge in [0.2, 0.25) is 0 Å². The molecule has 4 nitrogen and oxygen atoms in total. The molecule has 1 aromatic heterocycles. The molecule has 23 heavy (non-hydrogen) atoms. The van der Waals surface area contributed by atoms with Gasteiger partial charge >= 0.3 is 0 Å². The summed E-state index contributed by atoms with van der Waals surface area (Å²) in [7, 11) is 0. The summed E-state index contributed by atoms with van der Waals surface area (Å²) in [6.45, 7) is 7.38. The lowest BCUT2D eigenvalue weighted by Crippen LogP contribution is -2.45. The molecular weight excluding hydrogens is 286 g/mol. The number of likely N-dealkylation sites (tertiary alicyclic amines) is 2. The highest BCUT2D eigenvalue weighted by Crippen LogP contribution is 2.30. The van der Waals surface area contributed by atoms with Crippen molar-refractivity contribution in [3.8, 4) is 0 Å². The molecule has 1 saturated carbocycles. The van der Waals surface area contributed by atoms with Gasteiger partial charge in [-0.05, 0) is 82.8 Å². The summed E-state index contributed by atoms with van der Waals surface area (Å²) in [4.78, 5) is 5.27. The van der Waals surface area contributed by atoms with E-state index >= 15 is 0 Å². The molecule has 1 atom stereocenters. The number of rotatable bonds is 7. The first-order chi connectivity index (χ1) is 11.4. The van der Waals surface area contributed by atoms with Crippen molar-refractivity contribution >= 4 is 0 Å². The maximum absolute atomic E-state index is 5.73. The van der Waals surface area contributed by atoms with Crippen LogP contribution in [-0.2, 0) is 0 Å². The second-order valence-corrected chi connectivity index (χ2v) is 7.70. The summed E-state index contributed by atoms with van der Waals surface area (Å²) in [5.74, 6) is 2.16. The van der Waals surface area contributed by atoms with Crippen molar-refractivity contribution < 1.29 is 4.42 Å². The van der Waals surface area contributed by atoms with Crippen molar-refractivity contribution in [2.75, 3.05) is 39.3 Å². The summed E-state index contributed by atoms with van der Waals surface area (Å²) in [5.41, 5.74) is 0. The average Bonchev–Trinajstić information content (AvgIpc) is 3.06. The number of hydrogen-bond acceptors (Lipinski definition) is 4. The van der Waals surface area contributed by atoms with Crippen LogP contribution in [0.4, 0.5) is 0 Å². The SMILES string of the molecule is c1coc(C(CNC2CCN(CC3CC3)CC2)N2CCCC2)c1. The molecule has 3 heterocycles. The third-order valence-electron chi connectivity index (χ3n) is 5.85. The first kappa shape index (κ1) is 15.7. The monoisotopic (exact) mass is 317 g/mol. The van der Waals surface area contributed by atoms with Gasteiger partial charge in [0, 0.05) is 19.1 Å². The van der Waals surface area contributed by atoms with E-state index in [1.807, 2.05) is 12.3 Å². The minimum Gasteiger partial charge on any atom is -0.468 e. The Balaban J connectivity index is 1.26. The lowest BCUT2D eigenvalue weighted by molar-refractivity contribution is 0.169. The van der Waals surface area contributed by atoms with E-state index in [2.05, 4.69) is 21.2 Å². The van der Waals surface area contributed by atoms with E-state index < -0.39 is 0 Å². The fourth-order valence-corrected chi connectivity index (χ4v) is 4.21. The molecule has 2 aliphatic heterocycles. The Kier molecular flexibility index (Phi) is 5.02. The van der Waals surface area contributed by atoms with Crippen molar-refractivity contribution in [2.45, 2.75) is 50.6 Å². The Labute approximate surface area is 140 Å². The Morgan fingerprint density at radius 1 is 1.09 bits per heavy atom. The highest BCUT2D eigenvalue weighted by atomic mass is 16.3. The summed E-state index contributed by atoms with van der Waals surface area (Å²) >= 11 is 0. The van der Waals surface area contributed by atoms with E-state index in [1.54, 1.807) is 0 Å². The van der Waals surface area contributed by atoms with Crippen LogP contribution in [0.2, 0.25) is 0 Å². The van der Waals surface area contributed by atoms with Crippen LogP contribution < -0.4 is 5.32 Å². The highest BCUT2D eigenvalue weighted by Gasteiger charge is 2.29. The van der Waals surface area contributed by atoms with E-state index in [-0.39, 0.29) is 0 Å². The van der Waals surface area contributed by atoms with Gasteiger partial charge < -0.3 is 14.6 Å². The van der Waals surface area contributed by atoms with Gasteiger partial charge in [0.1, 0.15) is 5.76 Å². The second-order valence-electron chi connectivity index (χ2n) is 7.70. The maximum atomic E-state index is 5.73. The van der Waals surface area contributed by atoms with Gasteiger partial charge in [0.25, 0.3) is 0 Å². The molecule has 1 aromatic rings. The molecule has 2 saturated heterocycles. The third kappa shape index (κ3) is 4.17. The number of furan rings is 1. The van der Waals surface area contributed by atoms with E-state index in [0.717, 1.165) is 18.2 Å². The molecule has 4 rings (SSSR count). The molecule has 1 unspecified atom stereocenters. The number of nitrogens with one attached hydrogen (secondary N) is 1. The molecule has 3 aliphatic rings. The summed E-state index contributed by atoms with van der Waals surface area (Å²) < 4.78 is 5.73. The normalized spacial score (nSPS) is 25.9. The smallest absolute Gasteiger partial charge is 0.122 e. The van der Waals surface area contributed by atoms with E-state index in [1.165, 1.54) is 71.2 Å². The van der Waals surface area contributed by atoms with Crippen LogP contribution in [0.1, 0.15) is 50.3 Å². The zero-order valence-electron chi connectivity index (χ0n) is 14.3. The van der Waals surface area contributed by atoms with Gasteiger partial charge in [-0.15, -0.1) is 0 Å². The highest BCUT2D eigenvalue weighted by molar-refractivity contribution is 5.06. The van der Waals surface area contributed by atoms with Gasteiger partial charge in [-0.3, -0.25) is 4.90 Å². The standard InChI is InChI=1S/C19H31N3O/c1-2-10-22(9-1)18(19-4-3-13-23-19)14-20-17-7-11-21(12-8-17)15-16-5-6-16/h3-4,13,16-18,20H,1-2,5-12,14-15H2. The Morgan fingerprint density at radius 2 is 1.87 bits per heavy atom. The van der Waals surface area contributed by atoms with E-state index in [4.69, 9.17) is 4.42 Å². The molecule has 1 aliphatic carbocycles. The van der Waals surface area contributed by atoms with Crippen molar-refractivity contribution in [1.82, 2.24) is 15.1 Å². The van der Waals surface area contributed by atoms with Gasteiger partial charge in [0.15, 0.2) is 0 Å². The Morgan fingerprint density at radius 3 is 2.52 bits per heavy atom. The first-order valence-corrected chi connectivity index (χ1v) is 9.61. The van der Waals surface area contributed by atoms with Crippen LogP contribution in [0.5, 0.6) is 0 Å². The second kappa shape index (κ2) is 7.37. The summed E-state index contributed by atoms with van der Waals surface area (Å²) in [6.07, 6.45) is 10.0. The Bertz CT molecular complexity index is 457. The van der Waals surface area contributed by atoms with Crippen molar-refractivity contribution in [3.05, 3.63) is 24.2 Å². The number of hydrogen-bond donors (Lipinski definition) is 1. The quantitative estimate of drug-likeness (QED) is 0.838. The molecule has 4 heteroatoms. The van der Waals surface area contributed by atoms with Gasteiger partial charge in [-0.1, -0.05) is 0 Å². The minimum absolute atomic E-state index is 0.414. The number of nitrogens with zero attached hydrogens (tertiary/aromatic N) is 2. The van der Waals surface area contributed by atoms with Crippen molar-refractivity contribution in [2.24, 2.45) is 5.92 Å². The largest absolute Gasteiger partial charge is 0.468 e. The third-order valence-corrected chi connectivity index (χ3v) is 5.85. The molecule has 0 bridgehead atoms. The summed E-state index contributed by atoms with van der Waals surface area (Å²) in [6, 6.07) is 5.26. The van der Waals surface area contributed by atoms with E-state index in [0.29, 0.717) is 12.1 Å². The molecule has 1 N–H and O–H groups in total. The van der Waals surface area contributed by atoms with E-state index in [9.17, 15) is 0 Å². The lowest BCUT2D eigenvalue weighted by Gasteiger charge is -2.34.